The maximum absolute atomic E-state index is 12.0. The van der Waals surface area contributed by atoms with Gasteiger partial charge in [0.05, 0.1) is 10.9 Å². The molecule has 1 amide bonds. The summed E-state index contributed by atoms with van der Waals surface area (Å²) >= 11 is 1.51. The monoisotopic (exact) mass is 248 g/mol. The largest absolute Gasteiger partial charge is 0.333 e. The second-order valence-corrected chi connectivity index (χ2v) is 5.64. The van der Waals surface area contributed by atoms with E-state index in [1.54, 1.807) is 0 Å². The average Bonchev–Trinajstić information content (AvgIpc) is 2.97. The number of hydrogen-bond acceptors (Lipinski definition) is 3. The predicted octanol–water partition coefficient (Wildman–Crippen LogP) is 2.88. The third-order valence-electron chi connectivity index (χ3n) is 3.26. The Morgan fingerprint density at radius 1 is 1.53 bits per heavy atom. The molecule has 90 valence electrons. The van der Waals surface area contributed by atoms with Crippen molar-refractivity contribution in [1.29, 1.82) is 5.26 Å². The molecule has 0 aromatic carbocycles. The molecule has 0 spiro atoms. The van der Waals surface area contributed by atoms with E-state index in [2.05, 4.69) is 18.3 Å². The molecule has 1 heterocycles. The van der Waals surface area contributed by atoms with E-state index in [4.69, 9.17) is 0 Å². The first kappa shape index (κ1) is 12.1. The number of carbonyl (C=O) groups excluding carboxylic acids is 1. The van der Waals surface area contributed by atoms with Crippen LogP contribution in [0.1, 0.15) is 47.2 Å². The van der Waals surface area contributed by atoms with Crippen molar-refractivity contribution in [3.05, 3.63) is 21.9 Å². The number of rotatable bonds is 3. The summed E-state index contributed by atoms with van der Waals surface area (Å²) in [6.07, 6.45) is 4.56. The third kappa shape index (κ3) is 2.50. The Balaban J connectivity index is 2.08. The van der Waals surface area contributed by atoms with Gasteiger partial charge in [0.15, 0.2) is 0 Å². The fraction of sp³-hybridized carbons (Fsp3) is 0.538. The molecule has 2 rings (SSSR count). The van der Waals surface area contributed by atoms with Crippen molar-refractivity contribution in [1.82, 2.24) is 5.32 Å². The van der Waals surface area contributed by atoms with E-state index in [1.165, 1.54) is 16.2 Å². The highest BCUT2D eigenvalue weighted by Crippen LogP contribution is 2.29. The molecule has 1 saturated carbocycles. The molecule has 0 bridgehead atoms. The minimum Gasteiger partial charge on any atom is -0.333 e. The zero-order chi connectivity index (χ0) is 12.3. The number of hydrogen-bond donors (Lipinski definition) is 1. The lowest BCUT2D eigenvalue weighted by Crippen LogP contribution is -2.44. The van der Waals surface area contributed by atoms with Crippen LogP contribution in [0.2, 0.25) is 0 Å². The molecule has 0 aliphatic heterocycles. The Morgan fingerprint density at radius 2 is 2.24 bits per heavy atom. The summed E-state index contributed by atoms with van der Waals surface area (Å²) in [4.78, 5) is 14.0. The van der Waals surface area contributed by atoms with E-state index in [0.29, 0.717) is 4.88 Å². The molecule has 1 fully saturated rings. The van der Waals surface area contributed by atoms with Crippen LogP contribution in [0.3, 0.4) is 0 Å². The van der Waals surface area contributed by atoms with Gasteiger partial charge in [-0.3, -0.25) is 4.79 Å². The van der Waals surface area contributed by atoms with Crippen molar-refractivity contribution in [2.45, 2.75) is 44.6 Å². The van der Waals surface area contributed by atoms with Gasteiger partial charge in [-0.2, -0.15) is 5.26 Å². The molecule has 4 heteroatoms. The molecule has 1 aromatic rings. The fourth-order valence-corrected chi connectivity index (χ4v) is 3.05. The number of nitrogens with zero attached hydrogens (tertiary/aromatic N) is 1. The summed E-state index contributed by atoms with van der Waals surface area (Å²) in [5.41, 5.74) is -0.618. The van der Waals surface area contributed by atoms with Crippen LogP contribution >= 0.6 is 11.3 Å². The number of amides is 1. The Kier molecular flexibility index (Phi) is 3.49. The summed E-state index contributed by atoms with van der Waals surface area (Å²) in [6.45, 7) is 2.07. The van der Waals surface area contributed by atoms with Crippen molar-refractivity contribution in [3.63, 3.8) is 0 Å². The number of thiophene rings is 1. The van der Waals surface area contributed by atoms with E-state index in [9.17, 15) is 10.1 Å². The Morgan fingerprint density at radius 3 is 2.76 bits per heavy atom. The SMILES string of the molecule is CCc1ccc(C(=O)NC2(C#N)CCCC2)s1. The average molecular weight is 248 g/mol. The normalized spacial score (nSPS) is 17.6. The van der Waals surface area contributed by atoms with Gasteiger partial charge in [-0.1, -0.05) is 6.92 Å². The third-order valence-corrected chi connectivity index (χ3v) is 4.49. The van der Waals surface area contributed by atoms with Gasteiger partial charge in [0.25, 0.3) is 5.91 Å². The first-order valence-electron chi connectivity index (χ1n) is 6.01. The molecule has 1 aliphatic carbocycles. The van der Waals surface area contributed by atoms with Crippen molar-refractivity contribution in [3.8, 4) is 6.07 Å². The van der Waals surface area contributed by atoms with Gasteiger partial charge in [-0.25, -0.2) is 0 Å². The Bertz CT molecular complexity index is 452. The molecular weight excluding hydrogens is 232 g/mol. The minimum absolute atomic E-state index is 0.0989. The van der Waals surface area contributed by atoms with Crippen molar-refractivity contribution >= 4 is 17.2 Å². The molecule has 3 nitrogen and oxygen atoms in total. The van der Waals surface area contributed by atoms with E-state index >= 15 is 0 Å². The molecule has 0 unspecified atom stereocenters. The van der Waals surface area contributed by atoms with Crippen molar-refractivity contribution in [2.75, 3.05) is 0 Å². The van der Waals surface area contributed by atoms with Gasteiger partial charge >= 0.3 is 0 Å². The van der Waals surface area contributed by atoms with E-state index in [0.717, 1.165) is 32.1 Å². The molecule has 1 N–H and O–H groups in total. The highest BCUT2D eigenvalue weighted by molar-refractivity contribution is 7.14. The smallest absolute Gasteiger partial charge is 0.262 e. The minimum atomic E-state index is -0.618. The van der Waals surface area contributed by atoms with Crippen LogP contribution in [0.15, 0.2) is 12.1 Å². The van der Waals surface area contributed by atoms with Crippen molar-refractivity contribution in [2.24, 2.45) is 0 Å². The van der Waals surface area contributed by atoms with Gasteiger partial charge in [0, 0.05) is 4.88 Å². The quantitative estimate of drug-likeness (QED) is 0.894. The van der Waals surface area contributed by atoms with E-state index < -0.39 is 5.54 Å². The van der Waals surface area contributed by atoms with Crippen LogP contribution in [-0.2, 0) is 6.42 Å². The molecule has 0 radical (unpaired) electrons. The number of nitrogens with one attached hydrogen (secondary N) is 1. The van der Waals surface area contributed by atoms with Gasteiger partial charge in [-0.05, 0) is 44.2 Å². The van der Waals surface area contributed by atoms with Crippen molar-refractivity contribution < 1.29 is 4.79 Å². The molecule has 0 atom stereocenters. The summed E-state index contributed by atoms with van der Waals surface area (Å²) < 4.78 is 0. The second-order valence-electron chi connectivity index (χ2n) is 4.47. The van der Waals surface area contributed by atoms with E-state index in [-0.39, 0.29) is 5.91 Å². The standard InChI is InChI=1S/C13H16N2OS/c1-2-10-5-6-11(17-10)12(16)15-13(9-14)7-3-4-8-13/h5-6H,2-4,7-8H2,1H3,(H,15,16). The van der Waals surface area contributed by atoms with Crippen LogP contribution in [0, 0.1) is 11.3 Å². The predicted molar refractivity (Wildman–Crippen MR) is 68.0 cm³/mol. The number of nitriles is 1. The van der Waals surface area contributed by atoms with Crippen LogP contribution in [0.4, 0.5) is 0 Å². The topological polar surface area (TPSA) is 52.9 Å². The summed E-state index contributed by atoms with van der Waals surface area (Å²) in [7, 11) is 0. The zero-order valence-electron chi connectivity index (χ0n) is 9.95. The number of aryl methyl sites for hydroxylation is 1. The maximum atomic E-state index is 12.0. The van der Waals surface area contributed by atoms with Gasteiger partial charge in [-0.15, -0.1) is 11.3 Å². The van der Waals surface area contributed by atoms with Crippen LogP contribution < -0.4 is 5.32 Å². The van der Waals surface area contributed by atoms with Gasteiger partial charge < -0.3 is 5.32 Å². The first-order valence-corrected chi connectivity index (χ1v) is 6.83. The fourth-order valence-electron chi connectivity index (χ4n) is 2.21. The van der Waals surface area contributed by atoms with Gasteiger partial charge in [0.2, 0.25) is 0 Å². The number of carbonyl (C=O) groups is 1. The Labute approximate surface area is 105 Å². The highest BCUT2D eigenvalue weighted by atomic mass is 32.1. The Hall–Kier alpha value is -1.34. The highest BCUT2D eigenvalue weighted by Gasteiger charge is 2.35. The molecule has 17 heavy (non-hydrogen) atoms. The molecule has 0 saturated heterocycles. The maximum Gasteiger partial charge on any atom is 0.262 e. The summed E-state index contributed by atoms with van der Waals surface area (Å²) in [6, 6.07) is 6.10. The van der Waals surface area contributed by atoms with E-state index in [1.807, 2.05) is 12.1 Å². The first-order chi connectivity index (χ1) is 8.19. The second kappa shape index (κ2) is 4.89. The lowest BCUT2D eigenvalue weighted by Gasteiger charge is -2.21. The lowest BCUT2D eigenvalue weighted by molar-refractivity contribution is 0.0925. The summed E-state index contributed by atoms with van der Waals surface area (Å²) in [5.74, 6) is -0.0989. The molecule has 1 aromatic heterocycles. The summed E-state index contributed by atoms with van der Waals surface area (Å²) in [5, 5.41) is 12.1. The zero-order valence-corrected chi connectivity index (χ0v) is 10.8. The van der Waals surface area contributed by atoms with Crippen LogP contribution in [0.25, 0.3) is 0 Å². The molecular formula is C13H16N2OS. The van der Waals surface area contributed by atoms with Crippen LogP contribution in [0.5, 0.6) is 0 Å². The van der Waals surface area contributed by atoms with Crippen LogP contribution in [-0.4, -0.2) is 11.4 Å². The van der Waals surface area contributed by atoms with Gasteiger partial charge in [0.1, 0.15) is 5.54 Å². The lowest BCUT2D eigenvalue weighted by atomic mass is 10.00. The molecule has 1 aliphatic rings.